The Morgan fingerprint density at radius 3 is 2.38 bits per heavy atom. The van der Waals surface area contributed by atoms with Gasteiger partial charge in [-0.1, -0.05) is 41.4 Å². The summed E-state index contributed by atoms with van der Waals surface area (Å²) in [5.74, 6) is -2.44. The minimum absolute atomic E-state index is 0.0255. The van der Waals surface area contributed by atoms with Crippen molar-refractivity contribution in [3.8, 4) is 6.07 Å². The Bertz CT molecular complexity index is 2070. The van der Waals surface area contributed by atoms with Crippen LogP contribution in [0.3, 0.4) is 0 Å². The highest BCUT2D eigenvalue weighted by molar-refractivity contribution is 7.89. The molecule has 2 fully saturated rings. The molecule has 1 aromatic heterocycles. The van der Waals surface area contributed by atoms with Gasteiger partial charge in [0, 0.05) is 37.1 Å². The molecule has 0 spiro atoms. The molecule has 0 radical (unpaired) electrons. The molecule has 17 heteroatoms. The van der Waals surface area contributed by atoms with Crippen molar-refractivity contribution in [2.75, 3.05) is 25.0 Å². The van der Waals surface area contributed by atoms with Crippen molar-refractivity contribution in [1.82, 2.24) is 19.5 Å². The molecule has 2 unspecified atom stereocenters. The first kappa shape index (κ1) is 41.6. The Labute approximate surface area is 330 Å². The molecule has 2 aromatic carbocycles. The molecule has 3 heterocycles. The number of sulfonamides is 1. The lowest BCUT2D eigenvalue weighted by Crippen LogP contribution is -2.51. The molecular weight excluding hydrogens is 771 g/mol. The summed E-state index contributed by atoms with van der Waals surface area (Å²) in [6.45, 7) is 7.33. The van der Waals surface area contributed by atoms with Crippen molar-refractivity contribution in [1.29, 1.82) is 5.26 Å². The van der Waals surface area contributed by atoms with E-state index in [1.54, 1.807) is 52.0 Å². The number of pyridine rings is 1. The van der Waals surface area contributed by atoms with Gasteiger partial charge < -0.3 is 20.1 Å². The average molecular weight is 814 g/mol. The van der Waals surface area contributed by atoms with Crippen LogP contribution in [0.2, 0.25) is 10.0 Å². The second-order valence-electron chi connectivity index (χ2n) is 14.2. The van der Waals surface area contributed by atoms with Crippen LogP contribution in [0.1, 0.15) is 68.4 Å². The minimum atomic E-state index is -4.35. The van der Waals surface area contributed by atoms with E-state index >= 15 is 0 Å². The van der Waals surface area contributed by atoms with Gasteiger partial charge in [0.2, 0.25) is 15.9 Å². The van der Waals surface area contributed by atoms with E-state index in [0.29, 0.717) is 30.6 Å². The van der Waals surface area contributed by atoms with E-state index in [1.807, 2.05) is 11.0 Å². The van der Waals surface area contributed by atoms with E-state index in [4.69, 9.17) is 32.7 Å². The fourth-order valence-corrected chi connectivity index (χ4v) is 8.94. The zero-order valence-electron chi connectivity index (χ0n) is 30.8. The third-order valence-electron chi connectivity index (χ3n) is 9.17. The fourth-order valence-electron chi connectivity index (χ4n) is 6.72. The summed E-state index contributed by atoms with van der Waals surface area (Å²) in [7, 11) is -4.35. The lowest BCUT2D eigenvalue weighted by molar-refractivity contribution is -0.161. The first-order valence-corrected chi connectivity index (χ1v) is 19.9. The Morgan fingerprint density at radius 1 is 1.05 bits per heavy atom. The van der Waals surface area contributed by atoms with Crippen molar-refractivity contribution in [2.24, 2.45) is 0 Å². The van der Waals surface area contributed by atoms with E-state index < -0.39 is 63.5 Å². The maximum absolute atomic E-state index is 14.2. The van der Waals surface area contributed by atoms with Gasteiger partial charge in [-0.3, -0.25) is 24.3 Å². The summed E-state index contributed by atoms with van der Waals surface area (Å²) in [4.78, 5) is 59.2. The molecule has 2 saturated heterocycles. The van der Waals surface area contributed by atoms with Gasteiger partial charge >= 0.3 is 11.9 Å². The van der Waals surface area contributed by atoms with Gasteiger partial charge in [0.1, 0.15) is 23.7 Å². The van der Waals surface area contributed by atoms with Crippen molar-refractivity contribution in [3.05, 3.63) is 87.7 Å². The second kappa shape index (κ2) is 17.5. The zero-order valence-corrected chi connectivity index (χ0v) is 33.1. The van der Waals surface area contributed by atoms with Crippen LogP contribution < -0.4 is 10.6 Å². The number of esters is 2. The first-order chi connectivity index (χ1) is 26.0. The van der Waals surface area contributed by atoms with E-state index in [-0.39, 0.29) is 52.1 Å². The van der Waals surface area contributed by atoms with Gasteiger partial charge in [-0.2, -0.15) is 9.57 Å². The number of benzene rings is 2. The normalized spacial score (nSPS) is 19.6. The standard InChI is InChI=1S/C38H42Cl2N6O8S/c1-5-53-36(49)30(17-23-11-13-25(14-12-23)43-35(48)33-28(39)20-42-21-29(33)40)44-34(47)32-18-26(45-15-7-10-31(45)37(50)54-38(2,3)4)22-46(32)55(51,52)27-9-6-8-24(16-27)19-41/h6,8-9,11-14,16,20-21,26,30-32H,5,7,10,15,17-18,22H2,1-4H3,(H,43,48)(H,44,47)/t26?,30-,31+,32?/m0/s1. The second-order valence-corrected chi connectivity index (χ2v) is 16.9. The van der Waals surface area contributed by atoms with E-state index in [0.717, 1.165) is 4.31 Å². The molecule has 55 heavy (non-hydrogen) atoms. The average Bonchev–Trinajstić information content (AvgIpc) is 3.80. The Morgan fingerprint density at radius 2 is 1.75 bits per heavy atom. The largest absolute Gasteiger partial charge is 0.464 e. The van der Waals surface area contributed by atoms with Crippen LogP contribution in [0.25, 0.3) is 0 Å². The van der Waals surface area contributed by atoms with Crippen molar-refractivity contribution in [3.63, 3.8) is 0 Å². The maximum atomic E-state index is 14.2. The molecule has 2 aliphatic rings. The number of nitriles is 1. The number of hydrogen-bond donors (Lipinski definition) is 2. The lowest BCUT2D eigenvalue weighted by Gasteiger charge is -2.31. The molecular formula is C38H42Cl2N6O8S. The van der Waals surface area contributed by atoms with Gasteiger partial charge in [-0.15, -0.1) is 0 Å². The molecule has 2 aliphatic heterocycles. The first-order valence-electron chi connectivity index (χ1n) is 17.7. The Kier molecular flexibility index (Phi) is 13.2. The summed E-state index contributed by atoms with van der Waals surface area (Å²) in [5, 5.41) is 15.1. The quantitative estimate of drug-likeness (QED) is 0.241. The van der Waals surface area contributed by atoms with Gasteiger partial charge in [-0.05, 0) is 89.4 Å². The van der Waals surface area contributed by atoms with Crippen molar-refractivity contribution < 1.29 is 37.1 Å². The van der Waals surface area contributed by atoms with Gasteiger partial charge in [0.05, 0.1) is 38.7 Å². The number of aromatic nitrogens is 1. The van der Waals surface area contributed by atoms with Crippen LogP contribution >= 0.6 is 23.2 Å². The van der Waals surface area contributed by atoms with E-state index in [1.165, 1.54) is 36.7 Å². The molecule has 3 aromatic rings. The Hall–Kier alpha value is -4.59. The van der Waals surface area contributed by atoms with E-state index in [2.05, 4.69) is 15.6 Å². The molecule has 0 saturated carbocycles. The number of likely N-dealkylation sites (tertiary alicyclic amines) is 1. The molecule has 2 amide bonds. The van der Waals surface area contributed by atoms with Crippen LogP contribution in [0.4, 0.5) is 5.69 Å². The number of rotatable bonds is 12. The van der Waals surface area contributed by atoms with Gasteiger partial charge in [-0.25, -0.2) is 13.2 Å². The molecule has 5 rings (SSSR count). The number of carbonyl (C=O) groups is 4. The molecule has 292 valence electrons. The molecule has 0 aliphatic carbocycles. The number of hydrogen-bond acceptors (Lipinski definition) is 11. The van der Waals surface area contributed by atoms with Crippen molar-refractivity contribution in [2.45, 2.75) is 88.0 Å². The maximum Gasteiger partial charge on any atom is 0.328 e. The molecule has 0 bridgehead atoms. The number of halogens is 2. The topological polar surface area (TPSA) is 188 Å². The van der Waals surface area contributed by atoms with Crippen LogP contribution in [0.5, 0.6) is 0 Å². The van der Waals surface area contributed by atoms with Crippen LogP contribution in [0.15, 0.2) is 65.8 Å². The van der Waals surface area contributed by atoms with Crippen LogP contribution in [-0.2, 0) is 40.3 Å². The third kappa shape index (κ3) is 10.00. The summed E-state index contributed by atoms with van der Waals surface area (Å²) >= 11 is 12.2. The molecule has 2 N–H and O–H groups in total. The van der Waals surface area contributed by atoms with Gasteiger partial charge in [0.15, 0.2) is 0 Å². The predicted molar refractivity (Wildman–Crippen MR) is 204 cm³/mol. The summed E-state index contributed by atoms with van der Waals surface area (Å²) in [6.07, 6.45) is 3.79. The van der Waals surface area contributed by atoms with Crippen LogP contribution in [-0.4, -0.2) is 95.8 Å². The van der Waals surface area contributed by atoms with E-state index in [9.17, 15) is 32.9 Å². The fraction of sp³-hybridized carbons (Fsp3) is 0.421. The number of amides is 2. The summed E-state index contributed by atoms with van der Waals surface area (Å²) in [6, 6.07) is 10.3. The summed E-state index contributed by atoms with van der Waals surface area (Å²) < 4.78 is 40.5. The van der Waals surface area contributed by atoms with Crippen molar-refractivity contribution >= 4 is 62.7 Å². The number of anilines is 1. The van der Waals surface area contributed by atoms with Gasteiger partial charge in [0.25, 0.3) is 5.91 Å². The Balaban J connectivity index is 1.39. The molecule has 4 atom stereocenters. The number of nitrogens with zero attached hydrogens (tertiary/aromatic N) is 4. The minimum Gasteiger partial charge on any atom is -0.464 e. The monoisotopic (exact) mass is 812 g/mol. The SMILES string of the molecule is CCOC(=O)[C@H](Cc1ccc(NC(=O)c2c(Cl)cncc2Cl)cc1)NC(=O)C1CC(N2CCC[C@@H]2C(=O)OC(C)(C)C)CN1S(=O)(=O)c1cccc(C#N)c1. The smallest absolute Gasteiger partial charge is 0.328 e. The number of nitrogens with one attached hydrogen (secondary N) is 2. The lowest BCUT2D eigenvalue weighted by atomic mass is 10.0. The predicted octanol–water partition coefficient (Wildman–Crippen LogP) is 4.74. The van der Waals surface area contributed by atoms with Crippen LogP contribution in [0, 0.1) is 11.3 Å². The third-order valence-corrected chi connectivity index (χ3v) is 11.6. The molecule has 14 nitrogen and oxygen atoms in total. The number of ether oxygens (including phenoxy) is 2. The highest BCUT2D eigenvalue weighted by atomic mass is 35.5. The zero-order chi connectivity index (χ0) is 40.1. The summed E-state index contributed by atoms with van der Waals surface area (Å²) in [5.41, 5.74) is 0.444. The highest BCUT2D eigenvalue weighted by Crippen LogP contribution is 2.34. The number of carbonyl (C=O) groups excluding carboxylic acids is 4. The highest BCUT2D eigenvalue weighted by Gasteiger charge is 2.49.